The number of aromatic nitrogens is 5. The molecule has 1 amide bonds. The summed E-state index contributed by atoms with van der Waals surface area (Å²) in [6.07, 6.45) is 0.401. The van der Waals surface area contributed by atoms with Crippen LogP contribution in [0.1, 0.15) is 19.3 Å². The van der Waals surface area contributed by atoms with Crippen LogP contribution in [-0.2, 0) is 11.3 Å². The summed E-state index contributed by atoms with van der Waals surface area (Å²) in [5.74, 6) is 0.246. The molecule has 0 aliphatic carbocycles. The van der Waals surface area contributed by atoms with E-state index in [0.717, 1.165) is 17.7 Å². The molecule has 0 N–H and O–H groups in total. The molecule has 12 heteroatoms. The zero-order chi connectivity index (χ0) is 21.3. The molecule has 0 bridgehead atoms. The first-order chi connectivity index (χ1) is 14.3. The van der Waals surface area contributed by atoms with Gasteiger partial charge in [-0.1, -0.05) is 0 Å². The van der Waals surface area contributed by atoms with Crippen molar-refractivity contribution in [2.45, 2.75) is 38.0 Å². The Hall–Kier alpha value is -2.76. The molecule has 4 heterocycles. The maximum absolute atomic E-state index is 12.6. The van der Waals surface area contributed by atoms with Crippen molar-refractivity contribution < 1.29 is 18.0 Å². The standard InChI is InChI=1S/C18H22F3N7O2/c19-18(20,21)10-26-8-5-14(17(26)30)25-6-3-13(4-7-25)9-27-16(29)2-1-15(24-27)28-12-22-11-23-28/h1-2,11-14H,3-10H2. The van der Waals surface area contributed by atoms with Crippen LogP contribution in [0.3, 0.4) is 0 Å². The first-order valence-corrected chi connectivity index (χ1v) is 9.83. The van der Waals surface area contributed by atoms with Crippen molar-refractivity contribution in [3.63, 3.8) is 0 Å². The third-order valence-corrected chi connectivity index (χ3v) is 5.67. The fourth-order valence-electron chi connectivity index (χ4n) is 4.14. The van der Waals surface area contributed by atoms with Gasteiger partial charge in [-0.25, -0.2) is 14.3 Å². The summed E-state index contributed by atoms with van der Waals surface area (Å²) >= 11 is 0. The van der Waals surface area contributed by atoms with Gasteiger partial charge < -0.3 is 4.90 Å². The van der Waals surface area contributed by atoms with Gasteiger partial charge in [-0.05, 0) is 44.3 Å². The van der Waals surface area contributed by atoms with E-state index in [1.165, 1.54) is 28.1 Å². The van der Waals surface area contributed by atoms with Gasteiger partial charge in [0.15, 0.2) is 5.82 Å². The number of alkyl halides is 3. The molecule has 0 spiro atoms. The van der Waals surface area contributed by atoms with E-state index in [1.807, 2.05) is 4.90 Å². The van der Waals surface area contributed by atoms with Crippen LogP contribution in [0.4, 0.5) is 13.2 Å². The molecule has 2 saturated heterocycles. The highest BCUT2D eigenvalue weighted by Crippen LogP contribution is 2.27. The van der Waals surface area contributed by atoms with Gasteiger partial charge in [-0.3, -0.25) is 14.5 Å². The van der Waals surface area contributed by atoms with Crippen LogP contribution in [0.5, 0.6) is 0 Å². The van der Waals surface area contributed by atoms with Gasteiger partial charge in [0.05, 0.1) is 6.04 Å². The van der Waals surface area contributed by atoms with Gasteiger partial charge in [-0.15, -0.1) is 5.10 Å². The lowest BCUT2D eigenvalue weighted by molar-refractivity contribution is -0.159. The van der Waals surface area contributed by atoms with E-state index in [1.54, 1.807) is 6.07 Å². The Bertz CT molecular complexity index is 936. The van der Waals surface area contributed by atoms with Crippen molar-refractivity contribution in [3.05, 3.63) is 35.1 Å². The monoisotopic (exact) mass is 425 g/mol. The van der Waals surface area contributed by atoms with Crippen LogP contribution in [0.25, 0.3) is 5.82 Å². The van der Waals surface area contributed by atoms with E-state index in [9.17, 15) is 22.8 Å². The smallest absolute Gasteiger partial charge is 0.332 e. The van der Waals surface area contributed by atoms with Crippen LogP contribution >= 0.6 is 0 Å². The lowest BCUT2D eigenvalue weighted by atomic mass is 9.95. The molecule has 2 fully saturated rings. The second kappa shape index (κ2) is 8.17. The van der Waals surface area contributed by atoms with Crippen molar-refractivity contribution in [2.24, 2.45) is 5.92 Å². The molecule has 0 saturated carbocycles. The number of halogens is 3. The molecular weight excluding hydrogens is 403 g/mol. The van der Waals surface area contributed by atoms with Crippen molar-refractivity contribution in [1.29, 1.82) is 0 Å². The average molecular weight is 425 g/mol. The quantitative estimate of drug-likeness (QED) is 0.701. The highest BCUT2D eigenvalue weighted by Gasteiger charge is 2.42. The Morgan fingerprint density at radius 3 is 2.50 bits per heavy atom. The minimum Gasteiger partial charge on any atom is -0.332 e. The fraction of sp³-hybridized carbons (Fsp3) is 0.611. The van der Waals surface area contributed by atoms with Crippen LogP contribution in [-0.4, -0.2) is 78.6 Å². The zero-order valence-electron chi connectivity index (χ0n) is 16.2. The largest absolute Gasteiger partial charge is 0.406 e. The summed E-state index contributed by atoms with van der Waals surface area (Å²) < 4.78 is 40.7. The molecule has 2 aliphatic heterocycles. The topological polar surface area (TPSA) is 89.1 Å². The molecule has 1 unspecified atom stereocenters. The number of hydrogen-bond donors (Lipinski definition) is 0. The van der Waals surface area contributed by atoms with Gasteiger partial charge in [0.2, 0.25) is 5.91 Å². The third kappa shape index (κ3) is 4.53. The fourth-order valence-corrected chi connectivity index (χ4v) is 4.14. The van der Waals surface area contributed by atoms with Crippen molar-refractivity contribution >= 4 is 5.91 Å². The summed E-state index contributed by atoms with van der Waals surface area (Å²) in [6, 6.07) is 2.53. The van der Waals surface area contributed by atoms with Crippen LogP contribution in [0.2, 0.25) is 0 Å². The molecule has 9 nitrogen and oxygen atoms in total. The molecule has 4 rings (SSSR count). The van der Waals surface area contributed by atoms with Crippen LogP contribution < -0.4 is 5.56 Å². The Morgan fingerprint density at radius 1 is 1.07 bits per heavy atom. The first-order valence-electron chi connectivity index (χ1n) is 9.83. The predicted molar refractivity (Wildman–Crippen MR) is 98.8 cm³/mol. The first kappa shape index (κ1) is 20.5. The summed E-state index contributed by atoms with van der Waals surface area (Å²) in [6.45, 7) is 0.609. The van der Waals surface area contributed by atoms with Gasteiger partial charge in [0, 0.05) is 19.2 Å². The summed E-state index contributed by atoms with van der Waals surface area (Å²) in [7, 11) is 0. The predicted octanol–water partition coefficient (Wildman–Crippen LogP) is 0.699. The van der Waals surface area contributed by atoms with E-state index in [2.05, 4.69) is 15.2 Å². The van der Waals surface area contributed by atoms with E-state index in [-0.39, 0.29) is 18.0 Å². The number of nitrogens with zero attached hydrogens (tertiary/aromatic N) is 7. The Kier molecular flexibility index (Phi) is 5.58. The van der Waals surface area contributed by atoms with Crippen molar-refractivity contribution in [1.82, 2.24) is 34.3 Å². The van der Waals surface area contributed by atoms with Gasteiger partial charge in [0.1, 0.15) is 19.2 Å². The molecule has 0 radical (unpaired) electrons. The van der Waals surface area contributed by atoms with Gasteiger partial charge >= 0.3 is 6.18 Å². The molecule has 2 aliphatic rings. The van der Waals surface area contributed by atoms with E-state index >= 15 is 0 Å². The van der Waals surface area contributed by atoms with E-state index in [4.69, 9.17) is 0 Å². The molecule has 1 atom stereocenters. The highest BCUT2D eigenvalue weighted by molar-refractivity contribution is 5.84. The number of hydrogen-bond acceptors (Lipinski definition) is 6. The van der Waals surface area contributed by atoms with Gasteiger partial charge in [0.25, 0.3) is 5.56 Å². The second-order valence-corrected chi connectivity index (χ2v) is 7.71. The van der Waals surface area contributed by atoms with Crippen LogP contribution in [0.15, 0.2) is 29.6 Å². The van der Waals surface area contributed by atoms with E-state index < -0.39 is 24.7 Å². The summed E-state index contributed by atoms with van der Waals surface area (Å²) in [5, 5.41) is 8.35. The molecule has 2 aromatic heterocycles. The number of rotatable bonds is 5. The number of likely N-dealkylation sites (tertiary alicyclic amines) is 2. The number of carbonyl (C=O) groups excluding carboxylic acids is 1. The average Bonchev–Trinajstić information content (AvgIpc) is 3.34. The summed E-state index contributed by atoms with van der Waals surface area (Å²) in [4.78, 5) is 31.3. The molecular formula is C18H22F3N7O2. The van der Waals surface area contributed by atoms with Crippen molar-refractivity contribution in [2.75, 3.05) is 26.2 Å². The summed E-state index contributed by atoms with van der Waals surface area (Å²) in [5.41, 5.74) is -0.213. The lowest BCUT2D eigenvalue weighted by Crippen LogP contribution is -2.47. The minimum absolute atomic E-state index is 0.136. The zero-order valence-corrected chi connectivity index (χ0v) is 16.2. The van der Waals surface area contributed by atoms with Crippen molar-refractivity contribution in [3.8, 4) is 5.82 Å². The maximum Gasteiger partial charge on any atom is 0.406 e. The molecule has 30 heavy (non-hydrogen) atoms. The maximum atomic E-state index is 12.6. The highest BCUT2D eigenvalue weighted by atomic mass is 19.4. The number of carbonyl (C=O) groups is 1. The second-order valence-electron chi connectivity index (χ2n) is 7.71. The third-order valence-electron chi connectivity index (χ3n) is 5.67. The molecule has 2 aromatic rings. The Morgan fingerprint density at radius 2 is 1.83 bits per heavy atom. The molecule has 0 aromatic carbocycles. The van der Waals surface area contributed by atoms with Gasteiger partial charge in [-0.2, -0.15) is 18.3 Å². The van der Waals surface area contributed by atoms with Crippen LogP contribution in [0, 0.1) is 5.92 Å². The lowest BCUT2D eigenvalue weighted by Gasteiger charge is -2.35. The normalized spacial score (nSPS) is 21.5. The Balaban J connectivity index is 1.34. The number of piperidine rings is 1. The van der Waals surface area contributed by atoms with E-state index in [0.29, 0.717) is 31.9 Å². The SMILES string of the molecule is O=C1C(N2CCC(Cn3nc(-n4cncn4)ccc3=O)CC2)CCN1CC(F)(F)F. The molecule has 162 valence electrons. The Labute approximate surface area is 170 Å². The minimum atomic E-state index is -4.38. The number of amides is 1.